The van der Waals surface area contributed by atoms with Gasteiger partial charge in [0, 0.05) is 12.7 Å². The van der Waals surface area contributed by atoms with Gasteiger partial charge in [0.15, 0.2) is 0 Å². The molecular formula is C20H24N2O6S. The number of aryl methyl sites for hydroxylation is 1. The number of anilines is 1. The zero-order valence-electron chi connectivity index (χ0n) is 16.8. The SMILES string of the molecule is CCOC(=O)c1ccc(NC(=O)CN(C)S(=O)(=O)c2cc(C)ccc2OC)cc1. The molecule has 0 saturated heterocycles. The first-order valence-electron chi connectivity index (χ1n) is 8.87. The topological polar surface area (TPSA) is 102 Å². The molecule has 0 saturated carbocycles. The van der Waals surface area contributed by atoms with Crippen LogP contribution in [0.15, 0.2) is 47.4 Å². The summed E-state index contributed by atoms with van der Waals surface area (Å²) in [6.07, 6.45) is 0. The zero-order chi connectivity index (χ0) is 21.6. The molecule has 2 aromatic rings. The highest BCUT2D eigenvalue weighted by molar-refractivity contribution is 7.89. The number of likely N-dealkylation sites (N-methyl/N-ethyl adjacent to an activating group) is 1. The first-order chi connectivity index (χ1) is 13.7. The first kappa shape index (κ1) is 22.4. The second-order valence-corrected chi connectivity index (χ2v) is 8.27. The Morgan fingerprint density at radius 3 is 2.34 bits per heavy atom. The molecule has 1 amide bonds. The number of hydrogen-bond acceptors (Lipinski definition) is 6. The Balaban J connectivity index is 2.08. The second kappa shape index (κ2) is 9.53. The van der Waals surface area contributed by atoms with E-state index in [0.717, 1.165) is 9.87 Å². The molecule has 0 aliphatic rings. The summed E-state index contributed by atoms with van der Waals surface area (Å²) >= 11 is 0. The lowest BCUT2D eigenvalue weighted by Gasteiger charge is -2.19. The van der Waals surface area contributed by atoms with E-state index >= 15 is 0 Å². The Kier molecular flexibility index (Phi) is 7.35. The summed E-state index contributed by atoms with van der Waals surface area (Å²) in [6.45, 7) is 3.36. The average Bonchev–Trinajstić information content (AvgIpc) is 2.68. The molecule has 9 heteroatoms. The van der Waals surface area contributed by atoms with Crippen LogP contribution in [0.3, 0.4) is 0 Å². The number of sulfonamides is 1. The highest BCUT2D eigenvalue weighted by atomic mass is 32.2. The fourth-order valence-corrected chi connectivity index (χ4v) is 3.91. The molecule has 8 nitrogen and oxygen atoms in total. The van der Waals surface area contributed by atoms with Gasteiger partial charge in [0.2, 0.25) is 15.9 Å². The summed E-state index contributed by atoms with van der Waals surface area (Å²) in [5, 5.41) is 2.61. The Bertz CT molecular complexity index is 987. The molecule has 29 heavy (non-hydrogen) atoms. The van der Waals surface area contributed by atoms with Crippen molar-refractivity contribution in [2.45, 2.75) is 18.7 Å². The third-order valence-corrected chi connectivity index (χ3v) is 5.88. The van der Waals surface area contributed by atoms with Gasteiger partial charge in [-0.05, 0) is 55.8 Å². The van der Waals surface area contributed by atoms with Crippen molar-refractivity contribution in [1.29, 1.82) is 0 Å². The number of rotatable bonds is 8. The van der Waals surface area contributed by atoms with Gasteiger partial charge in [-0.1, -0.05) is 6.07 Å². The maximum absolute atomic E-state index is 12.8. The Morgan fingerprint density at radius 2 is 1.76 bits per heavy atom. The van der Waals surface area contributed by atoms with Crippen LogP contribution in [0.25, 0.3) is 0 Å². The van der Waals surface area contributed by atoms with Crippen LogP contribution < -0.4 is 10.1 Å². The van der Waals surface area contributed by atoms with Crippen LogP contribution in [0.4, 0.5) is 5.69 Å². The van der Waals surface area contributed by atoms with E-state index in [1.54, 1.807) is 38.1 Å². The van der Waals surface area contributed by atoms with Crippen molar-refractivity contribution >= 4 is 27.6 Å². The van der Waals surface area contributed by atoms with E-state index in [4.69, 9.17) is 9.47 Å². The van der Waals surface area contributed by atoms with Gasteiger partial charge < -0.3 is 14.8 Å². The van der Waals surface area contributed by atoms with Crippen molar-refractivity contribution in [1.82, 2.24) is 4.31 Å². The molecule has 2 aromatic carbocycles. The fourth-order valence-electron chi connectivity index (χ4n) is 2.55. The molecule has 0 heterocycles. The Labute approximate surface area is 170 Å². The predicted octanol–water partition coefficient (Wildman–Crippen LogP) is 2.44. The smallest absolute Gasteiger partial charge is 0.338 e. The number of benzene rings is 2. The van der Waals surface area contributed by atoms with Crippen molar-refractivity contribution in [3.05, 3.63) is 53.6 Å². The van der Waals surface area contributed by atoms with E-state index in [1.165, 1.54) is 32.4 Å². The lowest BCUT2D eigenvalue weighted by molar-refractivity contribution is -0.116. The van der Waals surface area contributed by atoms with Gasteiger partial charge in [-0.25, -0.2) is 13.2 Å². The zero-order valence-corrected chi connectivity index (χ0v) is 17.6. The number of hydrogen-bond donors (Lipinski definition) is 1. The van der Waals surface area contributed by atoms with Crippen LogP contribution in [0.5, 0.6) is 5.75 Å². The molecule has 0 fully saturated rings. The lowest BCUT2D eigenvalue weighted by atomic mass is 10.2. The average molecular weight is 420 g/mol. The molecule has 156 valence electrons. The fraction of sp³-hybridized carbons (Fsp3) is 0.300. The minimum atomic E-state index is -3.93. The highest BCUT2D eigenvalue weighted by Gasteiger charge is 2.26. The summed E-state index contributed by atoms with van der Waals surface area (Å²) in [4.78, 5) is 23.9. The van der Waals surface area contributed by atoms with E-state index in [9.17, 15) is 18.0 Å². The summed E-state index contributed by atoms with van der Waals surface area (Å²) < 4.78 is 36.7. The number of methoxy groups -OCH3 is 1. The van der Waals surface area contributed by atoms with Gasteiger partial charge >= 0.3 is 5.97 Å². The molecular weight excluding hydrogens is 396 g/mol. The maximum atomic E-state index is 12.8. The number of nitrogens with zero attached hydrogens (tertiary/aromatic N) is 1. The lowest BCUT2D eigenvalue weighted by Crippen LogP contribution is -2.35. The summed E-state index contributed by atoms with van der Waals surface area (Å²) in [7, 11) is -1.22. The van der Waals surface area contributed by atoms with Gasteiger partial charge in [0.1, 0.15) is 10.6 Å². The van der Waals surface area contributed by atoms with E-state index < -0.39 is 21.9 Å². The second-order valence-electron chi connectivity index (χ2n) is 6.26. The minimum absolute atomic E-state index is 0.00547. The quantitative estimate of drug-likeness (QED) is 0.658. The molecule has 0 aliphatic carbocycles. The molecule has 2 rings (SSSR count). The molecule has 1 N–H and O–H groups in total. The normalized spacial score (nSPS) is 11.2. The molecule has 0 aliphatic heterocycles. The van der Waals surface area contributed by atoms with Crippen molar-refractivity contribution < 1.29 is 27.5 Å². The summed E-state index contributed by atoms with van der Waals surface area (Å²) in [5.41, 5.74) is 1.54. The van der Waals surface area contributed by atoms with Crippen molar-refractivity contribution in [3.8, 4) is 5.75 Å². The molecule has 0 unspecified atom stereocenters. The van der Waals surface area contributed by atoms with Crippen LogP contribution in [-0.4, -0.2) is 51.9 Å². The largest absolute Gasteiger partial charge is 0.495 e. The van der Waals surface area contributed by atoms with E-state index in [2.05, 4.69) is 5.32 Å². The standard InChI is InChI=1S/C20H24N2O6S/c1-5-28-20(24)15-7-9-16(10-8-15)21-19(23)13-22(3)29(25,26)18-12-14(2)6-11-17(18)27-4/h6-12H,5,13H2,1-4H3,(H,21,23). The van der Waals surface area contributed by atoms with E-state index in [1.807, 2.05) is 0 Å². The van der Waals surface area contributed by atoms with Gasteiger partial charge in [0.05, 0.1) is 25.8 Å². The Hall–Kier alpha value is -2.91. The number of amides is 1. The third-order valence-electron chi connectivity index (χ3n) is 4.05. The number of carbonyl (C=O) groups is 2. The van der Waals surface area contributed by atoms with Gasteiger partial charge in [-0.2, -0.15) is 4.31 Å². The van der Waals surface area contributed by atoms with E-state index in [0.29, 0.717) is 11.3 Å². The summed E-state index contributed by atoms with van der Waals surface area (Å²) in [6, 6.07) is 10.9. The van der Waals surface area contributed by atoms with Crippen LogP contribution in [0.2, 0.25) is 0 Å². The molecule has 0 bridgehead atoms. The number of esters is 1. The highest BCUT2D eigenvalue weighted by Crippen LogP contribution is 2.27. The van der Waals surface area contributed by atoms with Crippen molar-refractivity contribution in [3.63, 3.8) is 0 Å². The van der Waals surface area contributed by atoms with Crippen molar-refractivity contribution in [2.75, 3.05) is 32.6 Å². The molecule has 0 atom stereocenters. The predicted molar refractivity (Wildman–Crippen MR) is 109 cm³/mol. The molecule has 0 spiro atoms. The van der Waals surface area contributed by atoms with Crippen molar-refractivity contribution in [2.24, 2.45) is 0 Å². The Morgan fingerprint density at radius 1 is 1.10 bits per heavy atom. The number of carbonyl (C=O) groups excluding carboxylic acids is 2. The van der Waals surface area contributed by atoms with Gasteiger partial charge in [-0.3, -0.25) is 4.79 Å². The van der Waals surface area contributed by atoms with E-state index in [-0.39, 0.29) is 23.8 Å². The number of nitrogens with one attached hydrogen (secondary N) is 1. The summed E-state index contributed by atoms with van der Waals surface area (Å²) in [5.74, 6) is -0.771. The molecule has 0 aromatic heterocycles. The van der Waals surface area contributed by atoms with Crippen LogP contribution in [0.1, 0.15) is 22.8 Å². The van der Waals surface area contributed by atoms with Crippen LogP contribution >= 0.6 is 0 Å². The monoisotopic (exact) mass is 420 g/mol. The number of ether oxygens (including phenoxy) is 2. The van der Waals surface area contributed by atoms with Crippen LogP contribution in [-0.2, 0) is 19.6 Å². The molecule has 0 radical (unpaired) electrons. The van der Waals surface area contributed by atoms with Crippen LogP contribution in [0, 0.1) is 6.92 Å². The third kappa shape index (κ3) is 5.55. The maximum Gasteiger partial charge on any atom is 0.338 e. The first-order valence-corrected chi connectivity index (χ1v) is 10.3. The van der Waals surface area contributed by atoms with Gasteiger partial charge in [0.25, 0.3) is 0 Å². The van der Waals surface area contributed by atoms with Gasteiger partial charge in [-0.15, -0.1) is 0 Å². The minimum Gasteiger partial charge on any atom is -0.495 e.